The number of nitrogens with zero attached hydrogens (tertiary/aromatic N) is 5. The molecule has 0 saturated carbocycles. The van der Waals surface area contributed by atoms with Gasteiger partial charge in [0.15, 0.2) is 5.82 Å². The molecule has 1 aromatic carbocycles. The second-order valence-corrected chi connectivity index (χ2v) is 8.31. The van der Waals surface area contributed by atoms with Gasteiger partial charge in [0.2, 0.25) is 11.8 Å². The van der Waals surface area contributed by atoms with Crippen LogP contribution in [0.1, 0.15) is 11.4 Å². The molecule has 0 aliphatic rings. The molecule has 0 spiro atoms. The molecule has 4 aromatic heterocycles. The van der Waals surface area contributed by atoms with E-state index in [-0.39, 0.29) is 12.3 Å². The number of rotatable bonds is 6. The van der Waals surface area contributed by atoms with Gasteiger partial charge in [-0.05, 0) is 43.3 Å². The van der Waals surface area contributed by atoms with Crippen molar-refractivity contribution >= 4 is 33.1 Å². The van der Waals surface area contributed by atoms with Crippen molar-refractivity contribution < 1.29 is 9.53 Å². The van der Waals surface area contributed by atoms with Crippen molar-refractivity contribution in [2.45, 2.75) is 13.3 Å². The quantitative estimate of drug-likeness (QED) is 0.406. The fourth-order valence-electron chi connectivity index (χ4n) is 3.50. The summed E-state index contributed by atoms with van der Waals surface area (Å²) in [4.78, 5) is 25.8. The zero-order valence-corrected chi connectivity index (χ0v) is 18.8. The van der Waals surface area contributed by atoms with Crippen LogP contribution in [-0.2, 0) is 11.2 Å². The first kappa shape index (κ1) is 20.8. The lowest BCUT2D eigenvalue weighted by Gasteiger charge is -2.07. The SMILES string of the molecule is COc1ccc(NC(=O)Cc2cc(-c3ccc4ncsc4c3)n(-c3cccc(C)n3)n2)cn1. The zero-order valence-electron chi connectivity index (χ0n) is 18.0. The van der Waals surface area contributed by atoms with Gasteiger partial charge in [0, 0.05) is 17.3 Å². The molecule has 33 heavy (non-hydrogen) atoms. The Morgan fingerprint density at radius 2 is 2.03 bits per heavy atom. The number of ether oxygens (including phenoxy) is 1. The minimum atomic E-state index is -0.187. The first-order chi connectivity index (χ1) is 16.1. The molecule has 1 N–H and O–H groups in total. The van der Waals surface area contributed by atoms with E-state index in [4.69, 9.17) is 9.84 Å². The standard InChI is InChI=1S/C24H20N6O2S/c1-15-4-3-5-22(27-15)30-20(16-6-8-19-21(10-16)33-14-26-19)11-18(29-30)12-23(31)28-17-7-9-24(32-2)25-13-17/h3-11,13-14H,12H2,1-2H3,(H,28,31). The van der Waals surface area contributed by atoms with Gasteiger partial charge in [0.25, 0.3) is 0 Å². The maximum absolute atomic E-state index is 12.7. The Morgan fingerprint density at radius 1 is 1.12 bits per heavy atom. The number of pyridine rings is 2. The Morgan fingerprint density at radius 3 is 2.82 bits per heavy atom. The third-order valence-electron chi connectivity index (χ3n) is 5.05. The lowest BCUT2D eigenvalue weighted by atomic mass is 10.1. The second kappa shape index (κ2) is 8.79. The summed E-state index contributed by atoms with van der Waals surface area (Å²) in [5.74, 6) is 0.994. The first-order valence-corrected chi connectivity index (χ1v) is 11.1. The summed E-state index contributed by atoms with van der Waals surface area (Å²) < 4.78 is 7.93. The molecule has 0 radical (unpaired) electrons. The Kier molecular flexibility index (Phi) is 5.54. The smallest absolute Gasteiger partial charge is 0.230 e. The van der Waals surface area contributed by atoms with E-state index in [1.165, 1.54) is 0 Å². The summed E-state index contributed by atoms with van der Waals surface area (Å²) in [7, 11) is 1.55. The lowest BCUT2D eigenvalue weighted by molar-refractivity contribution is -0.115. The number of amides is 1. The lowest BCUT2D eigenvalue weighted by Crippen LogP contribution is -2.15. The number of fused-ring (bicyclic) bond motifs is 1. The normalized spacial score (nSPS) is 11.0. The van der Waals surface area contributed by atoms with Crippen LogP contribution < -0.4 is 10.1 Å². The number of aryl methyl sites for hydroxylation is 1. The molecule has 0 atom stereocenters. The maximum Gasteiger partial charge on any atom is 0.230 e. The highest BCUT2D eigenvalue weighted by Crippen LogP contribution is 2.28. The zero-order chi connectivity index (χ0) is 22.8. The van der Waals surface area contributed by atoms with E-state index in [1.807, 2.05) is 48.8 Å². The van der Waals surface area contributed by atoms with Crippen molar-refractivity contribution in [1.82, 2.24) is 24.7 Å². The number of carbonyl (C=O) groups excluding carboxylic acids is 1. The number of aromatic nitrogens is 5. The number of hydrogen-bond acceptors (Lipinski definition) is 7. The molecule has 1 amide bonds. The van der Waals surface area contributed by atoms with Gasteiger partial charge in [0.1, 0.15) is 0 Å². The molecule has 0 aliphatic heterocycles. The van der Waals surface area contributed by atoms with Crippen molar-refractivity contribution in [1.29, 1.82) is 0 Å². The minimum absolute atomic E-state index is 0.112. The summed E-state index contributed by atoms with van der Waals surface area (Å²) in [6.07, 6.45) is 1.67. The predicted molar refractivity (Wildman–Crippen MR) is 128 cm³/mol. The minimum Gasteiger partial charge on any atom is -0.481 e. The number of anilines is 1. The Labute approximate surface area is 193 Å². The number of thiazole rings is 1. The monoisotopic (exact) mass is 456 g/mol. The van der Waals surface area contributed by atoms with Crippen LogP contribution in [0.5, 0.6) is 5.88 Å². The highest BCUT2D eigenvalue weighted by Gasteiger charge is 2.16. The number of hydrogen-bond donors (Lipinski definition) is 1. The predicted octanol–water partition coefficient (Wildman–Crippen LogP) is 4.44. The molecule has 5 rings (SSSR count). The molecule has 4 heterocycles. The number of methoxy groups -OCH3 is 1. The highest BCUT2D eigenvalue weighted by molar-refractivity contribution is 7.16. The van der Waals surface area contributed by atoms with Crippen LogP contribution in [-0.4, -0.2) is 37.7 Å². The van der Waals surface area contributed by atoms with Gasteiger partial charge >= 0.3 is 0 Å². The molecule has 0 unspecified atom stereocenters. The van der Waals surface area contributed by atoms with Crippen LogP contribution >= 0.6 is 11.3 Å². The maximum atomic E-state index is 12.7. The van der Waals surface area contributed by atoms with Gasteiger partial charge in [-0.25, -0.2) is 19.6 Å². The van der Waals surface area contributed by atoms with Gasteiger partial charge in [0.05, 0.1) is 52.5 Å². The van der Waals surface area contributed by atoms with Crippen LogP contribution in [0.4, 0.5) is 5.69 Å². The molecule has 5 aromatic rings. The van der Waals surface area contributed by atoms with Gasteiger partial charge in [-0.15, -0.1) is 11.3 Å². The average molecular weight is 457 g/mol. The second-order valence-electron chi connectivity index (χ2n) is 7.42. The van der Waals surface area contributed by atoms with Crippen LogP contribution in [0.15, 0.2) is 66.3 Å². The van der Waals surface area contributed by atoms with Crippen molar-refractivity contribution in [3.05, 3.63) is 77.7 Å². The van der Waals surface area contributed by atoms with Crippen molar-refractivity contribution in [3.8, 4) is 23.0 Å². The van der Waals surface area contributed by atoms with Crippen LogP contribution in [0.25, 0.3) is 27.3 Å². The fourth-order valence-corrected chi connectivity index (χ4v) is 4.22. The topological polar surface area (TPSA) is 94.8 Å². The molecule has 0 bridgehead atoms. The van der Waals surface area contributed by atoms with E-state index in [2.05, 4.69) is 26.3 Å². The van der Waals surface area contributed by atoms with Gasteiger partial charge in [-0.2, -0.15) is 5.10 Å². The Bertz CT molecular complexity index is 1440. The number of carbonyl (C=O) groups is 1. The summed E-state index contributed by atoms with van der Waals surface area (Å²) in [5, 5.41) is 7.57. The molecular formula is C24H20N6O2S. The van der Waals surface area contributed by atoms with Crippen molar-refractivity contribution in [2.24, 2.45) is 0 Å². The van der Waals surface area contributed by atoms with E-state index in [0.29, 0.717) is 23.1 Å². The van der Waals surface area contributed by atoms with Crippen LogP contribution in [0.3, 0.4) is 0 Å². The molecule has 8 nitrogen and oxygen atoms in total. The Hall–Kier alpha value is -4.11. The summed E-state index contributed by atoms with van der Waals surface area (Å²) in [6, 6.07) is 17.2. The fraction of sp³-hybridized carbons (Fsp3) is 0.125. The first-order valence-electron chi connectivity index (χ1n) is 10.3. The number of benzene rings is 1. The van der Waals surface area contributed by atoms with E-state index < -0.39 is 0 Å². The molecule has 0 aliphatic carbocycles. The van der Waals surface area contributed by atoms with Gasteiger partial charge < -0.3 is 10.1 Å². The van der Waals surface area contributed by atoms with Crippen LogP contribution in [0, 0.1) is 6.92 Å². The van der Waals surface area contributed by atoms with Crippen LogP contribution in [0.2, 0.25) is 0 Å². The summed E-state index contributed by atoms with van der Waals surface area (Å²) >= 11 is 1.59. The summed E-state index contributed by atoms with van der Waals surface area (Å²) in [5.41, 5.74) is 6.74. The summed E-state index contributed by atoms with van der Waals surface area (Å²) in [6.45, 7) is 1.94. The van der Waals surface area contributed by atoms with Gasteiger partial charge in [-0.3, -0.25) is 4.79 Å². The van der Waals surface area contributed by atoms with E-state index in [0.717, 1.165) is 27.2 Å². The van der Waals surface area contributed by atoms with Crippen molar-refractivity contribution in [2.75, 3.05) is 12.4 Å². The molecule has 0 saturated heterocycles. The highest BCUT2D eigenvalue weighted by atomic mass is 32.1. The number of nitrogens with one attached hydrogen (secondary N) is 1. The molecule has 9 heteroatoms. The van der Waals surface area contributed by atoms with Gasteiger partial charge in [-0.1, -0.05) is 12.1 Å². The van der Waals surface area contributed by atoms with E-state index in [1.54, 1.807) is 41.5 Å². The molecule has 0 fully saturated rings. The third kappa shape index (κ3) is 4.44. The Balaban J connectivity index is 1.47. The van der Waals surface area contributed by atoms with E-state index in [9.17, 15) is 4.79 Å². The molecular weight excluding hydrogens is 436 g/mol. The average Bonchev–Trinajstić information content (AvgIpc) is 3.46. The van der Waals surface area contributed by atoms with Crippen molar-refractivity contribution in [3.63, 3.8) is 0 Å². The van der Waals surface area contributed by atoms with E-state index >= 15 is 0 Å². The molecule has 164 valence electrons. The third-order valence-corrected chi connectivity index (χ3v) is 5.84. The largest absolute Gasteiger partial charge is 0.481 e.